The first-order chi connectivity index (χ1) is 13.2. The summed E-state index contributed by atoms with van der Waals surface area (Å²) < 4.78 is 0. The van der Waals surface area contributed by atoms with E-state index < -0.39 is 0 Å². The number of amides is 3. The molecule has 3 amide bonds. The van der Waals surface area contributed by atoms with Gasteiger partial charge in [-0.3, -0.25) is 19.6 Å². The molecule has 1 aromatic rings. The van der Waals surface area contributed by atoms with Crippen LogP contribution in [0.25, 0.3) is 0 Å². The van der Waals surface area contributed by atoms with Gasteiger partial charge in [0.15, 0.2) is 0 Å². The van der Waals surface area contributed by atoms with Gasteiger partial charge in [0.1, 0.15) is 0 Å². The summed E-state index contributed by atoms with van der Waals surface area (Å²) in [5, 5.41) is 21.1. The number of hydrogen-bond donors (Lipinski definition) is 4. The molecule has 0 aliphatic rings. The van der Waals surface area contributed by atoms with Crippen molar-refractivity contribution in [3.63, 3.8) is 0 Å². The number of carbonyl (C=O) groups excluding carboxylic acids is 3. The second-order valence-corrected chi connectivity index (χ2v) is 6.62. The molecule has 4 N–H and O–H groups in total. The van der Waals surface area contributed by atoms with Crippen molar-refractivity contribution in [1.29, 1.82) is 5.26 Å². The number of hydroxylamine groups is 1. The molecule has 1 atom stereocenters. The lowest BCUT2D eigenvalue weighted by Crippen LogP contribution is -2.30. The number of likely N-dealkylation sites (N-methyl/N-ethyl adjacent to an activating group) is 1. The number of carbonyl (C=O) groups is 3. The van der Waals surface area contributed by atoms with E-state index in [9.17, 15) is 14.4 Å². The minimum absolute atomic E-state index is 0.0556. The molecule has 0 saturated heterocycles. The van der Waals surface area contributed by atoms with E-state index in [-0.39, 0.29) is 18.4 Å². The number of nitrogens with one attached hydrogen (secondary N) is 3. The minimum Gasteiger partial charge on any atom is -0.358 e. The normalized spacial score (nSPS) is 10.1. The highest BCUT2D eigenvalue weighted by Crippen LogP contribution is 2.13. The molecule has 0 spiro atoms. The molecular formula is C20H32N4O4. The minimum atomic E-state index is -0.293. The van der Waals surface area contributed by atoms with Crippen molar-refractivity contribution >= 4 is 18.2 Å². The maximum absolute atomic E-state index is 10.6. The van der Waals surface area contributed by atoms with Crippen LogP contribution >= 0.6 is 0 Å². The highest BCUT2D eigenvalue weighted by molar-refractivity contribution is 5.79. The summed E-state index contributed by atoms with van der Waals surface area (Å²) in [4.78, 5) is 30.4. The zero-order valence-corrected chi connectivity index (χ0v) is 17.3. The van der Waals surface area contributed by atoms with E-state index in [0.717, 1.165) is 12.0 Å². The Kier molecular flexibility index (Phi) is 17.1. The largest absolute Gasteiger partial charge is 0.358 e. The third-order valence-electron chi connectivity index (χ3n) is 3.34. The van der Waals surface area contributed by atoms with Crippen LogP contribution in [0.4, 0.5) is 0 Å². The number of aryl methyl sites for hydroxylation is 1. The van der Waals surface area contributed by atoms with Gasteiger partial charge in [-0.25, -0.2) is 5.48 Å². The maximum atomic E-state index is 10.6. The van der Waals surface area contributed by atoms with Gasteiger partial charge in [-0.05, 0) is 37.3 Å². The molecule has 1 aromatic carbocycles. The van der Waals surface area contributed by atoms with Gasteiger partial charge in [0.05, 0.1) is 18.2 Å². The quantitative estimate of drug-likeness (QED) is 0.320. The molecule has 0 saturated carbocycles. The number of nitriles is 1. The van der Waals surface area contributed by atoms with Crippen LogP contribution in [0.15, 0.2) is 24.3 Å². The van der Waals surface area contributed by atoms with E-state index >= 15 is 0 Å². The molecule has 1 rings (SSSR count). The van der Waals surface area contributed by atoms with Crippen molar-refractivity contribution in [3.05, 3.63) is 35.4 Å². The predicted octanol–water partition coefficient (Wildman–Crippen LogP) is 1.91. The Morgan fingerprint density at radius 1 is 1.18 bits per heavy atom. The number of benzene rings is 1. The fraction of sp³-hybridized carbons (Fsp3) is 0.500. The third-order valence-corrected chi connectivity index (χ3v) is 3.34. The van der Waals surface area contributed by atoms with Crippen molar-refractivity contribution in [1.82, 2.24) is 16.1 Å². The summed E-state index contributed by atoms with van der Waals surface area (Å²) in [5.74, 6) is 0.467. The molecular weight excluding hydrogens is 360 g/mol. The Balaban J connectivity index is 0. The number of nitrogens with zero attached hydrogens (tertiary/aromatic N) is 1. The zero-order chi connectivity index (χ0) is 21.9. The molecule has 0 aromatic heterocycles. The van der Waals surface area contributed by atoms with E-state index in [1.54, 1.807) is 5.48 Å². The smallest absolute Gasteiger partial charge is 0.243 e. The number of rotatable bonds is 7. The van der Waals surface area contributed by atoms with E-state index in [1.165, 1.54) is 12.6 Å². The second kappa shape index (κ2) is 17.5. The molecule has 0 radical (unpaired) electrons. The fourth-order valence-electron chi connectivity index (χ4n) is 2.10. The average molecular weight is 393 g/mol. The van der Waals surface area contributed by atoms with E-state index in [2.05, 4.69) is 30.6 Å². The fourth-order valence-corrected chi connectivity index (χ4v) is 2.10. The summed E-state index contributed by atoms with van der Waals surface area (Å²) >= 11 is 0. The molecule has 0 bridgehead atoms. The van der Waals surface area contributed by atoms with Crippen LogP contribution < -0.4 is 16.1 Å². The van der Waals surface area contributed by atoms with E-state index in [0.29, 0.717) is 24.7 Å². The van der Waals surface area contributed by atoms with Gasteiger partial charge >= 0.3 is 0 Å². The molecule has 0 aliphatic heterocycles. The average Bonchev–Trinajstić information content (AvgIpc) is 2.66. The van der Waals surface area contributed by atoms with Crippen LogP contribution in [-0.2, 0) is 14.4 Å². The Labute approximate surface area is 167 Å². The standard InChI is InChI=1S/C8H17NO2.C8H7N.C4H8N2O2/c1-6(2)4-7(3)5-8(10)9-11;1-7-2-4-8(6-9)5-3-7;1-5-4(8)2-6-3-7/h6-7,11H,4-5H2,1-3H3,(H,9,10);2-5H,1H3;3H,2H2,1H3,(H,5,8)(H,6,7). The third kappa shape index (κ3) is 17.9. The lowest BCUT2D eigenvalue weighted by atomic mass is 9.96. The summed E-state index contributed by atoms with van der Waals surface area (Å²) in [7, 11) is 1.51. The van der Waals surface area contributed by atoms with Gasteiger partial charge in [0.2, 0.25) is 18.2 Å². The SMILES string of the molecule is CC(C)CC(C)CC(=O)NO.CNC(=O)CNC=O.Cc1ccc(C#N)cc1. The van der Waals surface area contributed by atoms with Crippen molar-refractivity contribution in [2.75, 3.05) is 13.6 Å². The first-order valence-corrected chi connectivity index (χ1v) is 8.97. The molecule has 0 aliphatic carbocycles. The summed E-state index contributed by atoms with van der Waals surface area (Å²) in [6.07, 6.45) is 1.91. The summed E-state index contributed by atoms with van der Waals surface area (Å²) in [6.45, 7) is 8.30. The number of hydrogen-bond acceptors (Lipinski definition) is 5. The van der Waals surface area contributed by atoms with E-state index in [1.807, 2.05) is 38.1 Å². The highest BCUT2D eigenvalue weighted by Gasteiger charge is 2.09. The van der Waals surface area contributed by atoms with Gasteiger partial charge in [-0.15, -0.1) is 0 Å². The maximum Gasteiger partial charge on any atom is 0.243 e. The molecule has 0 heterocycles. The lowest BCUT2D eigenvalue weighted by Gasteiger charge is -2.11. The molecule has 28 heavy (non-hydrogen) atoms. The topological polar surface area (TPSA) is 131 Å². The van der Waals surface area contributed by atoms with Crippen molar-refractivity contribution < 1.29 is 19.6 Å². The Morgan fingerprint density at radius 2 is 1.75 bits per heavy atom. The van der Waals surface area contributed by atoms with Gasteiger partial charge in [0, 0.05) is 13.5 Å². The lowest BCUT2D eigenvalue weighted by molar-refractivity contribution is -0.130. The zero-order valence-electron chi connectivity index (χ0n) is 17.3. The highest BCUT2D eigenvalue weighted by atomic mass is 16.5. The van der Waals surface area contributed by atoms with Crippen LogP contribution in [0.1, 0.15) is 44.7 Å². The monoisotopic (exact) mass is 392 g/mol. The molecule has 8 nitrogen and oxygen atoms in total. The molecule has 8 heteroatoms. The Morgan fingerprint density at radius 3 is 2.14 bits per heavy atom. The first-order valence-electron chi connectivity index (χ1n) is 8.97. The first kappa shape index (κ1) is 27.3. The second-order valence-electron chi connectivity index (χ2n) is 6.62. The van der Waals surface area contributed by atoms with Crippen LogP contribution in [-0.4, -0.2) is 37.0 Å². The van der Waals surface area contributed by atoms with Crippen LogP contribution in [0.2, 0.25) is 0 Å². The van der Waals surface area contributed by atoms with Crippen LogP contribution in [0.5, 0.6) is 0 Å². The van der Waals surface area contributed by atoms with Gasteiger partial charge in [-0.2, -0.15) is 5.26 Å². The molecule has 1 unspecified atom stereocenters. The van der Waals surface area contributed by atoms with Crippen LogP contribution in [0, 0.1) is 30.1 Å². The van der Waals surface area contributed by atoms with Crippen molar-refractivity contribution in [2.24, 2.45) is 11.8 Å². The van der Waals surface area contributed by atoms with Crippen molar-refractivity contribution in [2.45, 2.75) is 40.5 Å². The van der Waals surface area contributed by atoms with Crippen LogP contribution in [0.3, 0.4) is 0 Å². The molecule has 0 fully saturated rings. The Bertz CT molecular complexity index is 610. The van der Waals surface area contributed by atoms with Gasteiger partial charge in [-0.1, -0.05) is 38.5 Å². The summed E-state index contributed by atoms with van der Waals surface area (Å²) in [6, 6.07) is 9.54. The van der Waals surface area contributed by atoms with Gasteiger partial charge in [0.25, 0.3) is 0 Å². The molecule has 156 valence electrons. The Hall–Kier alpha value is -2.92. The van der Waals surface area contributed by atoms with Gasteiger partial charge < -0.3 is 10.6 Å². The predicted molar refractivity (Wildman–Crippen MR) is 107 cm³/mol. The van der Waals surface area contributed by atoms with E-state index in [4.69, 9.17) is 10.5 Å². The van der Waals surface area contributed by atoms with Crippen molar-refractivity contribution in [3.8, 4) is 6.07 Å². The summed E-state index contributed by atoms with van der Waals surface area (Å²) in [5.41, 5.74) is 3.54.